The Bertz CT molecular complexity index is 97.8. The minimum absolute atomic E-state index is 0.396. The van der Waals surface area contributed by atoms with Gasteiger partial charge in [0.05, 0.1) is 0 Å². The molecule has 0 saturated carbocycles. The Hall–Kier alpha value is 0.270. The Morgan fingerprint density at radius 2 is 2.00 bits per heavy atom. The minimum atomic E-state index is 0.396. The number of nitrogens with two attached hydrogens (primary N) is 1. The number of hydrogen-bond donors (Lipinski definition) is 2. The third kappa shape index (κ3) is 2.15. The van der Waals surface area contributed by atoms with Gasteiger partial charge in [0.2, 0.25) is 0 Å². The lowest BCUT2D eigenvalue weighted by molar-refractivity contribution is 0.208. The summed E-state index contributed by atoms with van der Waals surface area (Å²) in [7, 11) is 0. The van der Waals surface area contributed by atoms with Crippen LogP contribution in [0.1, 0.15) is 19.8 Å². The molecule has 0 aromatic rings. The zero-order valence-electron chi connectivity index (χ0n) is 6.45. The predicted molar refractivity (Wildman–Crippen MR) is 47.2 cm³/mol. The number of thiol groups is 1. The fourth-order valence-electron chi connectivity index (χ4n) is 1.29. The summed E-state index contributed by atoms with van der Waals surface area (Å²) in [6.07, 6.45) is 2.26. The molecule has 1 heterocycles. The van der Waals surface area contributed by atoms with Crippen LogP contribution in [0.25, 0.3) is 0 Å². The van der Waals surface area contributed by atoms with E-state index < -0.39 is 0 Å². The van der Waals surface area contributed by atoms with Gasteiger partial charge in [0.15, 0.2) is 0 Å². The van der Waals surface area contributed by atoms with Crippen molar-refractivity contribution in [2.75, 3.05) is 13.1 Å². The third-order valence-corrected chi connectivity index (χ3v) is 2.43. The maximum Gasteiger partial charge on any atom is 0.0499 e. The largest absolute Gasteiger partial charge is 0.328 e. The van der Waals surface area contributed by atoms with Gasteiger partial charge in [-0.1, -0.05) is 0 Å². The summed E-state index contributed by atoms with van der Waals surface area (Å²) < 4.78 is 0. The van der Waals surface area contributed by atoms with Crippen molar-refractivity contribution < 1.29 is 0 Å². The van der Waals surface area contributed by atoms with Crippen LogP contribution in [-0.2, 0) is 0 Å². The molecule has 0 bridgehead atoms. The van der Waals surface area contributed by atoms with Gasteiger partial charge in [-0.3, -0.25) is 4.90 Å². The van der Waals surface area contributed by atoms with Crippen molar-refractivity contribution in [3.05, 3.63) is 0 Å². The first-order valence-corrected chi connectivity index (χ1v) is 4.39. The summed E-state index contributed by atoms with van der Waals surface area (Å²) in [5, 5.41) is 0.396. The highest BCUT2D eigenvalue weighted by atomic mass is 32.1. The molecule has 0 spiro atoms. The molecule has 1 aliphatic rings. The topological polar surface area (TPSA) is 29.3 Å². The highest BCUT2D eigenvalue weighted by molar-refractivity contribution is 7.80. The molecule has 0 aromatic heterocycles. The van der Waals surface area contributed by atoms with Crippen LogP contribution in [0.3, 0.4) is 0 Å². The van der Waals surface area contributed by atoms with Crippen molar-refractivity contribution in [3.8, 4) is 0 Å². The minimum Gasteiger partial charge on any atom is -0.328 e. The average molecular weight is 160 g/mol. The number of rotatable bonds is 1. The fourth-order valence-corrected chi connectivity index (χ4v) is 1.52. The Morgan fingerprint density at radius 1 is 1.50 bits per heavy atom. The Kier molecular flexibility index (Phi) is 3.01. The number of piperidine rings is 1. The molecule has 1 aliphatic heterocycles. The van der Waals surface area contributed by atoms with Crippen LogP contribution in [0, 0.1) is 0 Å². The Morgan fingerprint density at radius 3 is 2.40 bits per heavy atom. The lowest BCUT2D eigenvalue weighted by Gasteiger charge is -2.32. The molecule has 0 aromatic carbocycles. The molecule has 1 rings (SSSR count). The maximum absolute atomic E-state index is 5.75. The van der Waals surface area contributed by atoms with Crippen LogP contribution in [0.4, 0.5) is 0 Å². The molecular formula is C7H16N2S. The van der Waals surface area contributed by atoms with E-state index in [1.807, 2.05) is 0 Å². The summed E-state index contributed by atoms with van der Waals surface area (Å²) >= 11 is 4.36. The number of likely N-dealkylation sites (tertiary alicyclic amines) is 1. The molecular weight excluding hydrogens is 144 g/mol. The molecule has 60 valence electrons. The van der Waals surface area contributed by atoms with Crippen LogP contribution < -0.4 is 5.73 Å². The van der Waals surface area contributed by atoms with Gasteiger partial charge in [0.25, 0.3) is 0 Å². The molecule has 0 amide bonds. The van der Waals surface area contributed by atoms with Crippen molar-refractivity contribution in [2.45, 2.75) is 31.2 Å². The molecule has 3 heteroatoms. The van der Waals surface area contributed by atoms with Crippen LogP contribution in [0.5, 0.6) is 0 Å². The molecule has 2 N–H and O–H groups in total. The second-order valence-electron chi connectivity index (χ2n) is 3.01. The van der Waals surface area contributed by atoms with Crippen molar-refractivity contribution in [2.24, 2.45) is 5.73 Å². The van der Waals surface area contributed by atoms with Crippen molar-refractivity contribution in [1.29, 1.82) is 0 Å². The highest BCUT2D eigenvalue weighted by Gasteiger charge is 2.17. The quantitative estimate of drug-likeness (QED) is 0.553. The van der Waals surface area contributed by atoms with E-state index in [4.69, 9.17) is 5.73 Å². The highest BCUT2D eigenvalue weighted by Crippen LogP contribution is 2.12. The first-order valence-electron chi connectivity index (χ1n) is 3.88. The fraction of sp³-hybridized carbons (Fsp3) is 1.00. The third-order valence-electron chi connectivity index (χ3n) is 2.10. The Balaban J connectivity index is 2.26. The maximum atomic E-state index is 5.75. The zero-order valence-corrected chi connectivity index (χ0v) is 7.35. The predicted octanol–water partition coefficient (Wildman–Crippen LogP) is 0.685. The second kappa shape index (κ2) is 3.60. The van der Waals surface area contributed by atoms with E-state index in [1.165, 1.54) is 0 Å². The molecule has 10 heavy (non-hydrogen) atoms. The van der Waals surface area contributed by atoms with Gasteiger partial charge in [-0.2, -0.15) is 12.6 Å². The van der Waals surface area contributed by atoms with Crippen molar-refractivity contribution in [1.82, 2.24) is 4.90 Å². The van der Waals surface area contributed by atoms with Gasteiger partial charge in [0.1, 0.15) is 0 Å². The summed E-state index contributed by atoms with van der Waals surface area (Å²) in [6, 6.07) is 0.434. The van der Waals surface area contributed by atoms with Crippen LogP contribution in [0.2, 0.25) is 0 Å². The van der Waals surface area contributed by atoms with Crippen LogP contribution in [0.15, 0.2) is 0 Å². The molecule has 1 atom stereocenters. The molecule has 1 fully saturated rings. The van der Waals surface area contributed by atoms with E-state index in [0.29, 0.717) is 11.4 Å². The first kappa shape index (κ1) is 8.37. The van der Waals surface area contributed by atoms with E-state index in [9.17, 15) is 0 Å². The van der Waals surface area contributed by atoms with Crippen LogP contribution >= 0.6 is 12.6 Å². The van der Waals surface area contributed by atoms with Crippen LogP contribution in [-0.4, -0.2) is 29.4 Å². The smallest absolute Gasteiger partial charge is 0.0499 e. The van der Waals surface area contributed by atoms with E-state index in [1.54, 1.807) is 0 Å². The van der Waals surface area contributed by atoms with Crippen molar-refractivity contribution >= 4 is 12.6 Å². The van der Waals surface area contributed by atoms with Gasteiger partial charge in [-0.05, 0) is 19.8 Å². The van der Waals surface area contributed by atoms with Gasteiger partial charge < -0.3 is 5.73 Å². The molecule has 2 nitrogen and oxygen atoms in total. The van der Waals surface area contributed by atoms with E-state index in [-0.39, 0.29) is 0 Å². The molecule has 1 saturated heterocycles. The SMILES string of the molecule is CC(S)N1CCC(N)CC1. The standard InChI is InChI=1S/C7H16N2S/c1-6(10)9-4-2-7(8)3-5-9/h6-7,10H,2-5,8H2,1H3. The van der Waals surface area contributed by atoms with Gasteiger partial charge in [-0.15, -0.1) is 0 Å². The van der Waals surface area contributed by atoms with E-state index >= 15 is 0 Å². The first-order chi connectivity index (χ1) is 4.70. The average Bonchev–Trinajstić information content (AvgIpc) is 1.88. The zero-order chi connectivity index (χ0) is 7.56. The molecule has 1 unspecified atom stereocenters. The number of hydrogen-bond acceptors (Lipinski definition) is 3. The van der Waals surface area contributed by atoms with Gasteiger partial charge >= 0.3 is 0 Å². The number of nitrogens with zero attached hydrogens (tertiary/aromatic N) is 1. The molecule has 0 aliphatic carbocycles. The lowest BCUT2D eigenvalue weighted by Crippen LogP contribution is -2.42. The summed E-state index contributed by atoms with van der Waals surface area (Å²) in [5.41, 5.74) is 5.75. The van der Waals surface area contributed by atoms with E-state index in [0.717, 1.165) is 25.9 Å². The second-order valence-corrected chi connectivity index (χ2v) is 3.75. The summed E-state index contributed by atoms with van der Waals surface area (Å²) in [5.74, 6) is 0. The molecule has 0 radical (unpaired) electrons. The van der Waals surface area contributed by atoms with E-state index in [2.05, 4.69) is 24.5 Å². The lowest BCUT2D eigenvalue weighted by atomic mass is 10.1. The van der Waals surface area contributed by atoms with Gasteiger partial charge in [-0.25, -0.2) is 0 Å². The monoisotopic (exact) mass is 160 g/mol. The normalized spacial score (nSPS) is 26.7. The Labute approximate surface area is 68.2 Å². The van der Waals surface area contributed by atoms with Crippen molar-refractivity contribution in [3.63, 3.8) is 0 Å². The summed E-state index contributed by atoms with van der Waals surface area (Å²) in [6.45, 7) is 4.34. The van der Waals surface area contributed by atoms with Gasteiger partial charge in [0, 0.05) is 24.5 Å². The summed E-state index contributed by atoms with van der Waals surface area (Å²) in [4.78, 5) is 2.35.